The van der Waals surface area contributed by atoms with Gasteiger partial charge in [0, 0.05) is 17.6 Å². The van der Waals surface area contributed by atoms with Gasteiger partial charge in [0.05, 0.1) is 11.4 Å². The van der Waals surface area contributed by atoms with Crippen molar-refractivity contribution in [3.8, 4) is 11.1 Å². The molecule has 2 aromatic carbocycles. The number of thioether (sulfide) groups is 1. The first kappa shape index (κ1) is 20.3. The molecule has 0 aliphatic heterocycles. The molecule has 9 heteroatoms. The number of primary sulfonamides is 1. The summed E-state index contributed by atoms with van der Waals surface area (Å²) < 4.78 is 24.8. The predicted molar refractivity (Wildman–Crippen MR) is 118 cm³/mol. The predicted octanol–water partition coefficient (Wildman–Crippen LogP) is 2.88. The molecule has 2 aromatic heterocycles. The number of nitrogens with zero attached hydrogens (tertiary/aromatic N) is 3. The van der Waals surface area contributed by atoms with Crippen LogP contribution in [0.25, 0.3) is 22.2 Å². The summed E-state index contributed by atoms with van der Waals surface area (Å²) in [6.45, 7) is 0.360. The zero-order chi connectivity index (χ0) is 21.3. The van der Waals surface area contributed by atoms with Crippen molar-refractivity contribution in [2.75, 3.05) is 6.26 Å². The lowest BCUT2D eigenvalue weighted by atomic mass is 10.0. The van der Waals surface area contributed by atoms with Crippen LogP contribution in [0.4, 0.5) is 0 Å². The summed E-state index contributed by atoms with van der Waals surface area (Å²) in [6, 6.07) is 17.3. The first-order valence-corrected chi connectivity index (χ1v) is 11.7. The van der Waals surface area contributed by atoms with Gasteiger partial charge in [0.2, 0.25) is 10.0 Å². The fraction of sp³-hybridized carbons (Fsp3) is 0.0952. The van der Waals surface area contributed by atoms with Crippen LogP contribution < -0.4 is 10.7 Å². The second-order valence-electron chi connectivity index (χ2n) is 6.66. The average Bonchev–Trinajstić information content (AvgIpc) is 2.75. The van der Waals surface area contributed by atoms with Crippen molar-refractivity contribution in [1.82, 2.24) is 14.5 Å². The van der Waals surface area contributed by atoms with Gasteiger partial charge >= 0.3 is 0 Å². The number of fused-ring (bicyclic) bond motifs is 1. The summed E-state index contributed by atoms with van der Waals surface area (Å²) in [6.07, 6.45) is 3.60. The summed E-state index contributed by atoms with van der Waals surface area (Å²) in [5, 5.41) is 6.62. The quantitative estimate of drug-likeness (QED) is 0.379. The minimum Gasteiger partial charge on any atom is -0.288 e. The van der Waals surface area contributed by atoms with Crippen molar-refractivity contribution in [2.45, 2.75) is 16.6 Å². The third-order valence-electron chi connectivity index (χ3n) is 4.67. The van der Waals surface area contributed by atoms with E-state index < -0.39 is 10.0 Å². The molecule has 2 N–H and O–H groups in total. The summed E-state index contributed by atoms with van der Waals surface area (Å²) >= 11 is 1.42. The van der Waals surface area contributed by atoms with Crippen molar-refractivity contribution < 1.29 is 8.42 Å². The number of sulfonamides is 1. The van der Waals surface area contributed by atoms with Gasteiger partial charge in [-0.2, -0.15) is 0 Å². The molecule has 2 heterocycles. The van der Waals surface area contributed by atoms with Gasteiger partial charge in [-0.25, -0.2) is 23.5 Å². The van der Waals surface area contributed by atoms with Crippen LogP contribution in [0.5, 0.6) is 0 Å². The van der Waals surface area contributed by atoms with Crippen molar-refractivity contribution >= 4 is 32.8 Å². The highest BCUT2D eigenvalue weighted by Crippen LogP contribution is 2.23. The second-order valence-corrected chi connectivity index (χ2v) is 9.00. The van der Waals surface area contributed by atoms with Gasteiger partial charge in [-0.15, -0.1) is 0 Å². The molecule has 0 unspecified atom stereocenters. The molecule has 30 heavy (non-hydrogen) atoms. The van der Waals surface area contributed by atoms with Crippen molar-refractivity contribution in [2.24, 2.45) is 5.14 Å². The van der Waals surface area contributed by atoms with E-state index in [1.165, 1.54) is 23.9 Å². The first-order valence-electron chi connectivity index (χ1n) is 8.98. The van der Waals surface area contributed by atoms with E-state index >= 15 is 0 Å². The van der Waals surface area contributed by atoms with Crippen molar-refractivity contribution in [1.29, 1.82) is 0 Å². The standard InChI is InChI=1S/C21H18N4O3S2/c1-29-21-23-12-17-9-10-19(26)25(20(17)24-21)13-14-5-7-15(8-6-14)16-3-2-4-18(11-16)30(22,27)28/h2-12H,13H2,1H3,(H2,22,27,28). The Labute approximate surface area is 177 Å². The zero-order valence-electron chi connectivity index (χ0n) is 16.0. The molecule has 0 amide bonds. The lowest BCUT2D eigenvalue weighted by Gasteiger charge is -2.11. The highest BCUT2D eigenvalue weighted by molar-refractivity contribution is 7.98. The molecular weight excluding hydrogens is 420 g/mol. The average molecular weight is 439 g/mol. The van der Waals surface area contributed by atoms with Crippen LogP contribution in [0.3, 0.4) is 0 Å². The topological polar surface area (TPSA) is 108 Å². The Morgan fingerprint density at radius 3 is 2.50 bits per heavy atom. The Balaban J connectivity index is 1.68. The van der Waals surface area contributed by atoms with E-state index in [1.54, 1.807) is 29.0 Å². The van der Waals surface area contributed by atoms with Gasteiger partial charge in [0.15, 0.2) is 5.16 Å². The molecule has 0 bridgehead atoms. The molecule has 4 aromatic rings. The third-order valence-corrected chi connectivity index (χ3v) is 6.15. The van der Waals surface area contributed by atoms with E-state index in [1.807, 2.05) is 36.6 Å². The highest BCUT2D eigenvalue weighted by Gasteiger charge is 2.10. The smallest absolute Gasteiger partial charge is 0.252 e. The van der Waals surface area contributed by atoms with Crippen LogP contribution in [0.15, 0.2) is 81.7 Å². The Bertz CT molecular complexity index is 1400. The number of aromatic nitrogens is 3. The fourth-order valence-corrected chi connectivity index (χ4v) is 4.04. The SMILES string of the molecule is CSc1ncc2ccc(=O)n(Cc3ccc(-c4cccc(S(N)(=O)=O)c4)cc3)c2n1. The Morgan fingerprint density at radius 1 is 1.03 bits per heavy atom. The van der Waals surface area contributed by atoms with Crippen molar-refractivity contribution in [3.63, 3.8) is 0 Å². The molecular formula is C21H18N4O3S2. The molecule has 0 radical (unpaired) electrons. The van der Waals surface area contributed by atoms with Gasteiger partial charge in [-0.1, -0.05) is 48.2 Å². The third kappa shape index (κ3) is 4.13. The van der Waals surface area contributed by atoms with Crippen LogP contribution in [-0.2, 0) is 16.6 Å². The molecule has 0 atom stereocenters. The molecule has 0 saturated carbocycles. The van der Waals surface area contributed by atoms with Gasteiger partial charge in [-0.05, 0) is 41.1 Å². The van der Waals surface area contributed by atoms with E-state index in [-0.39, 0.29) is 10.5 Å². The number of hydrogen-bond acceptors (Lipinski definition) is 6. The highest BCUT2D eigenvalue weighted by atomic mass is 32.2. The maximum atomic E-state index is 12.5. The zero-order valence-corrected chi connectivity index (χ0v) is 17.7. The molecule has 0 aliphatic carbocycles. The fourth-order valence-electron chi connectivity index (χ4n) is 3.14. The summed E-state index contributed by atoms with van der Waals surface area (Å²) in [4.78, 5) is 21.3. The summed E-state index contributed by atoms with van der Waals surface area (Å²) in [5.74, 6) is 0. The van der Waals surface area contributed by atoms with Crippen LogP contribution in [-0.4, -0.2) is 29.2 Å². The maximum Gasteiger partial charge on any atom is 0.252 e. The minimum atomic E-state index is -3.77. The molecule has 7 nitrogen and oxygen atoms in total. The van der Waals surface area contributed by atoms with E-state index in [9.17, 15) is 13.2 Å². The lowest BCUT2D eigenvalue weighted by molar-refractivity contribution is 0.598. The normalized spacial score (nSPS) is 11.7. The lowest BCUT2D eigenvalue weighted by Crippen LogP contribution is -2.21. The molecule has 0 spiro atoms. The van der Waals surface area contributed by atoms with E-state index in [0.29, 0.717) is 17.3 Å². The van der Waals surface area contributed by atoms with Gasteiger partial charge < -0.3 is 0 Å². The van der Waals surface area contributed by atoms with Gasteiger partial charge in [0.25, 0.3) is 5.56 Å². The van der Waals surface area contributed by atoms with Crippen LogP contribution >= 0.6 is 11.8 Å². The number of hydrogen-bond donors (Lipinski definition) is 1. The first-order chi connectivity index (χ1) is 14.3. The van der Waals surface area contributed by atoms with E-state index in [2.05, 4.69) is 9.97 Å². The molecule has 0 fully saturated rings. The van der Waals surface area contributed by atoms with Gasteiger partial charge in [0.1, 0.15) is 5.65 Å². The minimum absolute atomic E-state index is 0.0654. The summed E-state index contributed by atoms with van der Waals surface area (Å²) in [5.41, 5.74) is 2.96. The number of nitrogens with two attached hydrogens (primary N) is 1. The Hall–Kier alpha value is -3.01. The Kier molecular flexibility index (Phi) is 5.42. The maximum absolute atomic E-state index is 12.5. The van der Waals surface area contributed by atoms with Crippen molar-refractivity contribution in [3.05, 3.63) is 82.8 Å². The number of benzene rings is 2. The van der Waals surface area contributed by atoms with Crippen LogP contribution in [0.1, 0.15) is 5.56 Å². The monoisotopic (exact) mass is 438 g/mol. The largest absolute Gasteiger partial charge is 0.288 e. The van der Waals surface area contributed by atoms with E-state index in [4.69, 9.17) is 5.14 Å². The van der Waals surface area contributed by atoms with Crippen LogP contribution in [0.2, 0.25) is 0 Å². The van der Waals surface area contributed by atoms with Gasteiger partial charge in [-0.3, -0.25) is 9.36 Å². The molecule has 4 rings (SSSR count). The molecule has 0 saturated heterocycles. The number of pyridine rings is 1. The molecule has 152 valence electrons. The second kappa shape index (κ2) is 8.02. The van der Waals surface area contributed by atoms with E-state index in [0.717, 1.165) is 22.1 Å². The summed E-state index contributed by atoms with van der Waals surface area (Å²) in [7, 11) is -3.77. The molecule has 0 aliphatic rings. The van der Waals surface area contributed by atoms with Crippen LogP contribution in [0, 0.1) is 0 Å². The number of rotatable bonds is 5. The Morgan fingerprint density at radius 2 is 1.80 bits per heavy atom.